The molecule has 158 valence electrons. The number of carbonyl (C=O) groups is 2. The number of ether oxygens (including phenoxy) is 1. The maximum absolute atomic E-state index is 13.0. The minimum atomic E-state index is -3.81. The van der Waals surface area contributed by atoms with Gasteiger partial charge in [-0.3, -0.25) is 4.79 Å². The Morgan fingerprint density at radius 1 is 1.28 bits per heavy atom. The van der Waals surface area contributed by atoms with Crippen molar-refractivity contribution in [1.29, 1.82) is 0 Å². The van der Waals surface area contributed by atoms with Gasteiger partial charge in [0, 0.05) is 13.1 Å². The highest BCUT2D eigenvalue weighted by Crippen LogP contribution is 2.29. The summed E-state index contributed by atoms with van der Waals surface area (Å²) in [6.45, 7) is 5.13. The molecule has 1 unspecified atom stereocenters. The fraction of sp³-hybridized carbons (Fsp3) is 0.529. The molecule has 0 radical (unpaired) electrons. The first-order chi connectivity index (χ1) is 13.6. The zero-order chi connectivity index (χ0) is 21.3. The van der Waals surface area contributed by atoms with Gasteiger partial charge < -0.3 is 14.6 Å². The van der Waals surface area contributed by atoms with E-state index < -0.39 is 21.9 Å². The summed E-state index contributed by atoms with van der Waals surface area (Å²) in [6, 6.07) is 0. The summed E-state index contributed by atoms with van der Waals surface area (Å²) >= 11 is 1.02. The molecule has 0 bridgehead atoms. The number of rotatable bonds is 5. The van der Waals surface area contributed by atoms with Crippen LogP contribution in [0.5, 0.6) is 0 Å². The number of amides is 1. The highest BCUT2D eigenvalue weighted by molar-refractivity contribution is 7.89. The highest BCUT2D eigenvalue weighted by Gasteiger charge is 2.36. The lowest BCUT2D eigenvalue weighted by Gasteiger charge is -2.30. The second-order valence-electron chi connectivity index (χ2n) is 6.77. The molecule has 0 spiro atoms. The Kier molecular flexibility index (Phi) is 6.05. The Hall–Kier alpha value is -2.31. The van der Waals surface area contributed by atoms with Crippen molar-refractivity contribution in [3.8, 4) is 0 Å². The molecule has 1 aliphatic heterocycles. The third kappa shape index (κ3) is 4.19. The van der Waals surface area contributed by atoms with Crippen molar-refractivity contribution in [2.45, 2.75) is 38.5 Å². The average Bonchev–Trinajstić information content (AvgIpc) is 3.22. The van der Waals surface area contributed by atoms with E-state index in [4.69, 9.17) is 9.26 Å². The van der Waals surface area contributed by atoms with E-state index in [-0.39, 0.29) is 28.2 Å². The molecular formula is C17H22N4O6S2. The molecule has 1 amide bonds. The first kappa shape index (κ1) is 21.4. The summed E-state index contributed by atoms with van der Waals surface area (Å²) < 4.78 is 37.0. The zero-order valence-corrected chi connectivity index (χ0v) is 18.1. The monoisotopic (exact) mass is 442 g/mol. The second kappa shape index (κ2) is 8.20. The van der Waals surface area contributed by atoms with Crippen LogP contribution in [0.2, 0.25) is 0 Å². The van der Waals surface area contributed by atoms with E-state index in [1.807, 2.05) is 0 Å². The maximum Gasteiger partial charge on any atom is 0.350 e. The highest BCUT2D eigenvalue weighted by atomic mass is 32.2. The number of esters is 1. The quantitative estimate of drug-likeness (QED) is 0.694. The average molecular weight is 443 g/mol. The molecule has 3 heterocycles. The van der Waals surface area contributed by atoms with Crippen LogP contribution in [-0.4, -0.2) is 54.9 Å². The van der Waals surface area contributed by atoms with Crippen molar-refractivity contribution in [3.63, 3.8) is 0 Å². The molecule has 2 aromatic heterocycles. The molecular weight excluding hydrogens is 420 g/mol. The maximum atomic E-state index is 13.0. The predicted molar refractivity (Wildman–Crippen MR) is 104 cm³/mol. The second-order valence-corrected chi connectivity index (χ2v) is 9.64. The van der Waals surface area contributed by atoms with Crippen LogP contribution in [0.15, 0.2) is 9.42 Å². The smallest absolute Gasteiger partial charge is 0.350 e. The van der Waals surface area contributed by atoms with Crippen molar-refractivity contribution in [2.24, 2.45) is 5.92 Å². The minimum absolute atomic E-state index is 0.0481. The van der Waals surface area contributed by atoms with Gasteiger partial charge in [-0.05, 0) is 33.6 Å². The molecule has 3 rings (SSSR count). The van der Waals surface area contributed by atoms with Gasteiger partial charge in [0.05, 0.1) is 18.7 Å². The van der Waals surface area contributed by atoms with Crippen molar-refractivity contribution in [3.05, 3.63) is 22.0 Å². The Morgan fingerprint density at radius 3 is 2.62 bits per heavy atom. The number of aromatic nitrogens is 2. The molecule has 2 aromatic rings. The van der Waals surface area contributed by atoms with Gasteiger partial charge in [-0.25, -0.2) is 18.2 Å². The van der Waals surface area contributed by atoms with E-state index in [2.05, 4.69) is 15.5 Å². The van der Waals surface area contributed by atoms with E-state index in [1.54, 1.807) is 20.8 Å². The molecule has 29 heavy (non-hydrogen) atoms. The van der Waals surface area contributed by atoms with E-state index in [1.165, 1.54) is 11.4 Å². The van der Waals surface area contributed by atoms with Gasteiger partial charge >= 0.3 is 5.97 Å². The van der Waals surface area contributed by atoms with E-state index in [9.17, 15) is 18.0 Å². The molecule has 1 atom stereocenters. The molecule has 12 heteroatoms. The molecule has 1 aliphatic rings. The summed E-state index contributed by atoms with van der Waals surface area (Å²) in [5.41, 5.74) is 0.756. The number of hydrogen-bond donors (Lipinski definition) is 1. The summed E-state index contributed by atoms with van der Waals surface area (Å²) in [4.78, 5) is 29.0. The summed E-state index contributed by atoms with van der Waals surface area (Å²) in [6.07, 6.45) is 1.10. The van der Waals surface area contributed by atoms with Crippen molar-refractivity contribution < 1.29 is 27.3 Å². The Bertz CT molecular complexity index is 1020. The van der Waals surface area contributed by atoms with Gasteiger partial charge in [0.1, 0.15) is 15.5 Å². The van der Waals surface area contributed by atoms with Gasteiger partial charge in [-0.15, -0.1) is 0 Å². The van der Waals surface area contributed by atoms with Gasteiger partial charge in [-0.1, -0.05) is 16.5 Å². The summed E-state index contributed by atoms with van der Waals surface area (Å²) in [7, 11) is -2.54. The molecule has 1 saturated heterocycles. The van der Waals surface area contributed by atoms with Gasteiger partial charge in [0.25, 0.3) is 0 Å². The minimum Gasteiger partial charge on any atom is -0.465 e. The molecule has 10 nitrogen and oxygen atoms in total. The third-order valence-corrected chi connectivity index (χ3v) is 7.88. The topological polar surface area (TPSA) is 132 Å². The van der Waals surface area contributed by atoms with Gasteiger partial charge in [-0.2, -0.15) is 4.31 Å². The van der Waals surface area contributed by atoms with Crippen LogP contribution in [0.4, 0.5) is 5.13 Å². The van der Waals surface area contributed by atoms with Crippen LogP contribution >= 0.6 is 11.3 Å². The lowest BCUT2D eigenvalue weighted by atomic mass is 9.99. The molecule has 1 N–H and O–H groups in total. The summed E-state index contributed by atoms with van der Waals surface area (Å²) in [5.74, 6) is -1.17. The number of thiazole rings is 1. The fourth-order valence-corrected chi connectivity index (χ4v) is 5.99. The van der Waals surface area contributed by atoms with Crippen LogP contribution in [0.1, 0.15) is 39.7 Å². The number of piperidine rings is 1. The Balaban J connectivity index is 1.74. The van der Waals surface area contributed by atoms with Crippen LogP contribution in [0.25, 0.3) is 0 Å². The lowest BCUT2D eigenvalue weighted by molar-refractivity contribution is -0.120. The molecule has 0 aromatic carbocycles. The number of anilines is 1. The number of methoxy groups -OCH3 is 1. The van der Waals surface area contributed by atoms with E-state index in [0.29, 0.717) is 35.7 Å². The SMILES string of the molecule is COC(=O)c1sc(NC(=O)C2CCCN(S(=O)(=O)c3c(C)noc3C)C2)nc1C. The normalized spacial score (nSPS) is 17.9. The summed E-state index contributed by atoms with van der Waals surface area (Å²) in [5, 5.41) is 6.68. The van der Waals surface area contributed by atoms with E-state index in [0.717, 1.165) is 11.3 Å². The number of nitrogens with one attached hydrogen (secondary N) is 1. The van der Waals surface area contributed by atoms with E-state index >= 15 is 0 Å². The Morgan fingerprint density at radius 2 is 2.00 bits per heavy atom. The number of carbonyl (C=O) groups excluding carboxylic acids is 2. The largest absolute Gasteiger partial charge is 0.465 e. The standard InChI is InChI=1S/C17H22N4O6S2/c1-9-13(16(23)26-4)28-17(18-9)19-15(22)12-6-5-7-21(8-12)29(24,25)14-10(2)20-27-11(14)3/h12H,5-8H2,1-4H3,(H,18,19,22). The number of aryl methyl sites for hydroxylation is 3. The molecule has 0 aliphatic carbocycles. The zero-order valence-electron chi connectivity index (χ0n) is 16.5. The predicted octanol–water partition coefficient (Wildman–Crippen LogP) is 1.88. The third-order valence-electron chi connectivity index (χ3n) is 4.72. The van der Waals surface area contributed by atoms with Crippen LogP contribution in [-0.2, 0) is 19.6 Å². The number of hydrogen-bond acceptors (Lipinski definition) is 9. The van der Waals surface area contributed by atoms with Crippen LogP contribution in [0, 0.1) is 26.7 Å². The van der Waals surface area contributed by atoms with Crippen molar-refractivity contribution >= 4 is 38.4 Å². The van der Waals surface area contributed by atoms with Crippen molar-refractivity contribution in [1.82, 2.24) is 14.4 Å². The lowest BCUT2D eigenvalue weighted by Crippen LogP contribution is -2.43. The van der Waals surface area contributed by atoms with Crippen LogP contribution < -0.4 is 5.32 Å². The number of sulfonamides is 1. The van der Waals surface area contributed by atoms with Gasteiger partial charge in [0.15, 0.2) is 10.9 Å². The Labute approximate surface area is 172 Å². The first-order valence-electron chi connectivity index (χ1n) is 8.94. The molecule has 0 saturated carbocycles. The number of nitrogens with zero attached hydrogens (tertiary/aromatic N) is 3. The van der Waals surface area contributed by atoms with Crippen molar-refractivity contribution in [2.75, 3.05) is 25.5 Å². The van der Waals surface area contributed by atoms with Crippen LogP contribution in [0.3, 0.4) is 0 Å². The fourth-order valence-electron chi connectivity index (χ4n) is 3.29. The first-order valence-corrected chi connectivity index (χ1v) is 11.2. The van der Waals surface area contributed by atoms with Gasteiger partial charge in [0.2, 0.25) is 15.9 Å². The molecule has 1 fully saturated rings.